The standard InChI is InChI=1S/C29H26Cl2FNO5/c1-5-36-28(34)25-16(3)33(20-9-7-8-19(30)15-20)17(4)26(29(35)37-6-2)27(25)24-13-12-23(38-24)18-10-11-22(32)21(31)14-18/h7-15,27H,5-6H2,1-4H3. The molecule has 3 aromatic rings. The second kappa shape index (κ2) is 11.5. The van der Waals surface area contributed by atoms with Crippen molar-refractivity contribution < 1.29 is 27.9 Å². The Labute approximate surface area is 230 Å². The number of nitrogens with zero attached hydrogens (tertiary/aromatic N) is 1. The number of furan rings is 1. The normalized spacial score (nSPS) is 14.2. The van der Waals surface area contributed by atoms with Crippen molar-refractivity contribution in [2.75, 3.05) is 18.1 Å². The summed E-state index contributed by atoms with van der Waals surface area (Å²) in [4.78, 5) is 28.6. The molecule has 0 N–H and O–H groups in total. The number of hydrogen-bond acceptors (Lipinski definition) is 6. The molecule has 0 spiro atoms. The van der Waals surface area contributed by atoms with Gasteiger partial charge in [-0.25, -0.2) is 14.0 Å². The van der Waals surface area contributed by atoms with E-state index in [1.807, 2.05) is 6.07 Å². The second-order valence-corrected chi connectivity index (χ2v) is 9.36. The highest BCUT2D eigenvalue weighted by atomic mass is 35.5. The summed E-state index contributed by atoms with van der Waals surface area (Å²) in [7, 11) is 0. The van der Waals surface area contributed by atoms with Gasteiger partial charge in [0.15, 0.2) is 0 Å². The summed E-state index contributed by atoms with van der Waals surface area (Å²) in [6.45, 7) is 7.22. The van der Waals surface area contributed by atoms with E-state index in [1.54, 1.807) is 62.9 Å². The van der Waals surface area contributed by atoms with Gasteiger partial charge in [-0.1, -0.05) is 29.3 Å². The third kappa shape index (κ3) is 5.22. The van der Waals surface area contributed by atoms with Gasteiger partial charge in [0.1, 0.15) is 17.3 Å². The Morgan fingerprint density at radius 2 is 1.55 bits per heavy atom. The van der Waals surface area contributed by atoms with Crippen LogP contribution in [0.25, 0.3) is 11.3 Å². The Morgan fingerprint density at radius 3 is 2.11 bits per heavy atom. The molecule has 0 amide bonds. The fraction of sp³-hybridized carbons (Fsp3) is 0.241. The van der Waals surface area contributed by atoms with Crippen LogP contribution in [0.15, 0.2) is 81.6 Å². The quantitative estimate of drug-likeness (QED) is 0.277. The Kier molecular flexibility index (Phi) is 8.29. The lowest BCUT2D eigenvalue weighted by atomic mass is 9.82. The van der Waals surface area contributed by atoms with Crippen LogP contribution >= 0.6 is 23.2 Å². The molecular formula is C29H26Cl2FNO5. The van der Waals surface area contributed by atoms with Gasteiger partial charge in [0, 0.05) is 27.7 Å². The van der Waals surface area contributed by atoms with Gasteiger partial charge in [0.2, 0.25) is 0 Å². The summed E-state index contributed by atoms with van der Waals surface area (Å²) in [5.41, 5.74) is 2.73. The Hall–Kier alpha value is -3.55. The maximum absolute atomic E-state index is 13.7. The lowest BCUT2D eigenvalue weighted by Gasteiger charge is -2.37. The van der Waals surface area contributed by atoms with Gasteiger partial charge < -0.3 is 18.8 Å². The van der Waals surface area contributed by atoms with Crippen molar-refractivity contribution in [2.45, 2.75) is 33.6 Å². The maximum atomic E-state index is 13.7. The predicted octanol–water partition coefficient (Wildman–Crippen LogP) is 7.67. The lowest BCUT2D eigenvalue weighted by molar-refractivity contribution is -0.139. The summed E-state index contributed by atoms with van der Waals surface area (Å²) in [6.07, 6.45) is 0. The van der Waals surface area contributed by atoms with Crippen LogP contribution in [0, 0.1) is 5.82 Å². The highest BCUT2D eigenvalue weighted by Crippen LogP contribution is 2.46. The molecule has 0 fully saturated rings. The number of carbonyl (C=O) groups is 2. The topological polar surface area (TPSA) is 69.0 Å². The van der Waals surface area contributed by atoms with Gasteiger partial charge in [-0.05, 0) is 76.2 Å². The van der Waals surface area contributed by atoms with Crippen molar-refractivity contribution in [3.63, 3.8) is 0 Å². The van der Waals surface area contributed by atoms with Crippen molar-refractivity contribution in [1.29, 1.82) is 0 Å². The van der Waals surface area contributed by atoms with Gasteiger partial charge in [0.05, 0.1) is 35.3 Å². The monoisotopic (exact) mass is 557 g/mol. The molecule has 38 heavy (non-hydrogen) atoms. The minimum absolute atomic E-state index is 0.0545. The molecule has 9 heteroatoms. The second-order valence-electron chi connectivity index (χ2n) is 8.52. The summed E-state index contributed by atoms with van der Waals surface area (Å²) < 4.78 is 30.8. The van der Waals surface area contributed by atoms with E-state index in [4.69, 9.17) is 37.1 Å². The van der Waals surface area contributed by atoms with Crippen LogP contribution in [0.1, 0.15) is 39.4 Å². The average Bonchev–Trinajstić information content (AvgIpc) is 3.35. The van der Waals surface area contributed by atoms with Crippen LogP contribution in [-0.2, 0) is 19.1 Å². The SMILES string of the molecule is CCOC(=O)C1=C(C)N(c2cccc(Cl)c2)C(C)=C(C(=O)OCC)C1c1ccc(-c2ccc(F)c(Cl)c2)o1. The molecule has 0 atom stereocenters. The van der Waals surface area contributed by atoms with Crippen LogP contribution in [0.5, 0.6) is 0 Å². The highest BCUT2D eigenvalue weighted by molar-refractivity contribution is 6.31. The van der Waals surface area contributed by atoms with Gasteiger partial charge in [-0.3, -0.25) is 0 Å². The number of anilines is 1. The number of allylic oxidation sites excluding steroid dienone is 2. The van der Waals surface area contributed by atoms with Crippen LogP contribution < -0.4 is 4.90 Å². The molecule has 2 aromatic carbocycles. The zero-order valence-corrected chi connectivity index (χ0v) is 22.8. The summed E-state index contributed by atoms with van der Waals surface area (Å²) >= 11 is 12.2. The third-order valence-corrected chi connectivity index (χ3v) is 6.73. The van der Waals surface area contributed by atoms with E-state index in [2.05, 4.69) is 0 Å². The minimum atomic E-state index is -0.923. The van der Waals surface area contributed by atoms with Gasteiger partial charge in [-0.15, -0.1) is 0 Å². The number of rotatable bonds is 7. The molecule has 0 unspecified atom stereocenters. The number of esters is 2. The number of halogens is 3. The van der Waals surface area contributed by atoms with Crippen LogP contribution in [-0.4, -0.2) is 25.2 Å². The highest BCUT2D eigenvalue weighted by Gasteiger charge is 2.42. The van der Waals surface area contributed by atoms with Crippen molar-refractivity contribution in [2.24, 2.45) is 0 Å². The van der Waals surface area contributed by atoms with E-state index in [9.17, 15) is 14.0 Å². The fourth-order valence-corrected chi connectivity index (χ4v) is 4.97. The first-order chi connectivity index (χ1) is 18.2. The molecule has 198 valence electrons. The van der Waals surface area contributed by atoms with Crippen LogP contribution in [0.2, 0.25) is 10.0 Å². The Bertz CT molecular complexity index is 1420. The Balaban J connectivity index is 1.94. The molecule has 6 nitrogen and oxygen atoms in total. The molecule has 1 aromatic heterocycles. The zero-order valence-electron chi connectivity index (χ0n) is 21.3. The number of hydrogen-bond donors (Lipinski definition) is 0. The molecule has 2 heterocycles. The summed E-state index contributed by atoms with van der Waals surface area (Å²) in [6, 6.07) is 14.7. The molecule has 0 bridgehead atoms. The first-order valence-electron chi connectivity index (χ1n) is 12.0. The largest absolute Gasteiger partial charge is 0.463 e. The van der Waals surface area contributed by atoms with E-state index >= 15 is 0 Å². The Morgan fingerprint density at radius 1 is 0.921 bits per heavy atom. The van der Waals surface area contributed by atoms with E-state index in [0.717, 1.165) is 0 Å². The summed E-state index contributed by atoms with van der Waals surface area (Å²) in [5, 5.41) is 0.440. The average molecular weight is 558 g/mol. The first kappa shape index (κ1) is 27.5. The fourth-order valence-electron chi connectivity index (χ4n) is 4.60. The van der Waals surface area contributed by atoms with E-state index in [0.29, 0.717) is 39.2 Å². The van der Waals surface area contributed by atoms with Crippen molar-refractivity contribution in [1.82, 2.24) is 0 Å². The molecular weight excluding hydrogens is 532 g/mol. The lowest BCUT2D eigenvalue weighted by Crippen LogP contribution is -2.35. The van der Waals surface area contributed by atoms with Crippen molar-refractivity contribution in [3.05, 3.63) is 98.8 Å². The molecule has 0 saturated heterocycles. The molecule has 0 aliphatic carbocycles. The van der Waals surface area contributed by atoms with Crippen molar-refractivity contribution >= 4 is 40.8 Å². The number of benzene rings is 2. The van der Waals surface area contributed by atoms with Crippen molar-refractivity contribution in [3.8, 4) is 11.3 Å². The van der Waals surface area contributed by atoms with E-state index in [-0.39, 0.29) is 29.4 Å². The third-order valence-electron chi connectivity index (χ3n) is 6.20. The van der Waals surface area contributed by atoms with Gasteiger partial charge >= 0.3 is 11.9 Å². The van der Waals surface area contributed by atoms with E-state index < -0.39 is 23.7 Å². The molecule has 0 radical (unpaired) electrons. The summed E-state index contributed by atoms with van der Waals surface area (Å²) in [5.74, 6) is -1.97. The predicted molar refractivity (Wildman–Crippen MR) is 144 cm³/mol. The van der Waals surface area contributed by atoms with Gasteiger partial charge in [0.25, 0.3) is 0 Å². The smallest absolute Gasteiger partial charge is 0.336 e. The van der Waals surface area contributed by atoms with Crippen LogP contribution in [0.4, 0.5) is 10.1 Å². The zero-order chi connectivity index (χ0) is 27.6. The number of carbonyl (C=O) groups excluding carboxylic acids is 2. The maximum Gasteiger partial charge on any atom is 0.336 e. The molecule has 4 rings (SSSR count). The molecule has 0 saturated carbocycles. The van der Waals surface area contributed by atoms with Gasteiger partial charge in [-0.2, -0.15) is 0 Å². The molecule has 1 aliphatic heterocycles. The van der Waals surface area contributed by atoms with Crippen LogP contribution in [0.3, 0.4) is 0 Å². The minimum Gasteiger partial charge on any atom is -0.463 e. The first-order valence-corrected chi connectivity index (χ1v) is 12.8. The number of ether oxygens (including phenoxy) is 2. The molecule has 1 aliphatic rings. The van der Waals surface area contributed by atoms with E-state index in [1.165, 1.54) is 18.2 Å².